The van der Waals surface area contributed by atoms with Gasteiger partial charge in [-0.25, -0.2) is 0 Å². The van der Waals surface area contributed by atoms with Crippen LogP contribution in [0.4, 0.5) is 0 Å². The van der Waals surface area contributed by atoms with Crippen molar-refractivity contribution < 1.29 is 4.79 Å². The van der Waals surface area contributed by atoms with E-state index in [0.29, 0.717) is 6.04 Å². The molecule has 1 aromatic carbocycles. The molecule has 1 amide bonds. The van der Waals surface area contributed by atoms with E-state index in [1.807, 2.05) is 31.2 Å². The SMILES string of the molecule is CCN1CCC[C@@H](NC(=O)c2cccc(C)c2)C1. The highest BCUT2D eigenvalue weighted by molar-refractivity contribution is 5.94. The molecule has 0 aromatic heterocycles. The highest BCUT2D eigenvalue weighted by Gasteiger charge is 2.20. The Balaban J connectivity index is 1.95. The van der Waals surface area contributed by atoms with Crippen molar-refractivity contribution in [3.63, 3.8) is 0 Å². The van der Waals surface area contributed by atoms with Crippen LogP contribution in [0.1, 0.15) is 35.7 Å². The van der Waals surface area contributed by atoms with Gasteiger partial charge in [0.05, 0.1) is 0 Å². The van der Waals surface area contributed by atoms with Gasteiger partial charge in [-0.3, -0.25) is 4.79 Å². The van der Waals surface area contributed by atoms with Crippen LogP contribution in [0, 0.1) is 6.92 Å². The van der Waals surface area contributed by atoms with E-state index in [-0.39, 0.29) is 5.91 Å². The molecule has 0 radical (unpaired) electrons. The average molecular weight is 246 g/mol. The van der Waals surface area contributed by atoms with Gasteiger partial charge < -0.3 is 10.2 Å². The molecule has 1 saturated heterocycles. The fraction of sp³-hybridized carbons (Fsp3) is 0.533. The van der Waals surface area contributed by atoms with Gasteiger partial charge in [0.2, 0.25) is 0 Å². The number of carbonyl (C=O) groups excluding carboxylic acids is 1. The van der Waals surface area contributed by atoms with Crippen molar-refractivity contribution in [1.29, 1.82) is 0 Å². The minimum atomic E-state index is 0.0571. The average Bonchev–Trinajstić information content (AvgIpc) is 2.39. The van der Waals surface area contributed by atoms with Crippen LogP contribution in [-0.4, -0.2) is 36.5 Å². The first-order valence-corrected chi connectivity index (χ1v) is 6.79. The molecular formula is C15H22N2O. The Bertz CT molecular complexity index is 417. The summed E-state index contributed by atoms with van der Waals surface area (Å²) in [7, 11) is 0. The van der Waals surface area contributed by atoms with Gasteiger partial charge in [-0.1, -0.05) is 24.6 Å². The minimum Gasteiger partial charge on any atom is -0.348 e. The number of piperidine rings is 1. The quantitative estimate of drug-likeness (QED) is 0.887. The number of nitrogens with one attached hydrogen (secondary N) is 1. The van der Waals surface area contributed by atoms with Gasteiger partial charge in [0, 0.05) is 18.2 Å². The molecule has 1 aliphatic rings. The van der Waals surface area contributed by atoms with Crippen molar-refractivity contribution >= 4 is 5.91 Å². The largest absolute Gasteiger partial charge is 0.348 e. The number of amides is 1. The lowest BCUT2D eigenvalue weighted by Gasteiger charge is -2.32. The van der Waals surface area contributed by atoms with Crippen molar-refractivity contribution in [3.8, 4) is 0 Å². The number of benzene rings is 1. The van der Waals surface area contributed by atoms with Crippen LogP contribution in [0.3, 0.4) is 0 Å². The van der Waals surface area contributed by atoms with Crippen molar-refractivity contribution in [2.75, 3.05) is 19.6 Å². The zero-order valence-corrected chi connectivity index (χ0v) is 11.3. The topological polar surface area (TPSA) is 32.3 Å². The number of likely N-dealkylation sites (N-methyl/N-ethyl adjacent to an activating group) is 1. The van der Waals surface area contributed by atoms with Crippen molar-refractivity contribution in [3.05, 3.63) is 35.4 Å². The van der Waals surface area contributed by atoms with Crippen LogP contribution in [0.25, 0.3) is 0 Å². The maximum atomic E-state index is 12.1. The Morgan fingerprint density at radius 1 is 1.50 bits per heavy atom. The van der Waals surface area contributed by atoms with Gasteiger partial charge >= 0.3 is 0 Å². The highest BCUT2D eigenvalue weighted by Crippen LogP contribution is 2.11. The molecule has 0 unspecified atom stereocenters. The molecule has 0 bridgehead atoms. The zero-order chi connectivity index (χ0) is 13.0. The summed E-state index contributed by atoms with van der Waals surface area (Å²) in [5, 5.41) is 3.15. The van der Waals surface area contributed by atoms with Crippen molar-refractivity contribution in [1.82, 2.24) is 10.2 Å². The van der Waals surface area contributed by atoms with E-state index in [2.05, 4.69) is 17.1 Å². The van der Waals surface area contributed by atoms with Gasteiger partial charge in [0.15, 0.2) is 0 Å². The van der Waals surface area contributed by atoms with Crippen molar-refractivity contribution in [2.24, 2.45) is 0 Å². The second kappa shape index (κ2) is 6.01. The third kappa shape index (κ3) is 3.33. The third-order valence-electron chi connectivity index (χ3n) is 3.57. The first kappa shape index (κ1) is 13.1. The molecule has 3 nitrogen and oxygen atoms in total. The van der Waals surface area contributed by atoms with Crippen LogP contribution >= 0.6 is 0 Å². The molecule has 1 atom stereocenters. The summed E-state index contributed by atoms with van der Waals surface area (Å²) >= 11 is 0. The smallest absolute Gasteiger partial charge is 0.251 e. The van der Waals surface area contributed by atoms with E-state index in [1.165, 1.54) is 6.42 Å². The fourth-order valence-electron chi connectivity index (χ4n) is 2.52. The first-order chi connectivity index (χ1) is 8.69. The lowest BCUT2D eigenvalue weighted by Crippen LogP contribution is -2.47. The van der Waals surface area contributed by atoms with E-state index >= 15 is 0 Å². The third-order valence-corrected chi connectivity index (χ3v) is 3.57. The van der Waals surface area contributed by atoms with Crippen molar-refractivity contribution in [2.45, 2.75) is 32.7 Å². The Morgan fingerprint density at radius 3 is 3.06 bits per heavy atom. The van der Waals surface area contributed by atoms with Gasteiger partial charge in [0.1, 0.15) is 0 Å². The van der Waals surface area contributed by atoms with Gasteiger partial charge in [-0.15, -0.1) is 0 Å². The lowest BCUT2D eigenvalue weighted by atomic mass is 10.0. The summed E-state index contributed by atoms with van der Waals surface area (Å²) in [4.78, 5) is 14.5. The van der Waals surface area contributed by atoms with E-state index in [1.54, 1.807) is 0 Å². The number of hydrogen-bond acceptors (Lipinski definition) is 2. The normalized spacial score (nSPS) is 20.7. The number of carbonyl (C=O) groups is 1. The Kier molecular flexibility index (Phi) is 4.37. The molecule has 1 aromatic rings. The number of nitrogens with zero attached hydrogens (tertiary/aromatic N) is 1. The maximum absolute atomic E-state index is 12.1. The van der Waals surface area contributed by atoms with Crippen LogP contribution in [0.2, 0.25) is 0 Å². The van der Waals surface area contributed by atoms with Crippen LogP contribution < -0.4 is 5.32 Å². The number of rotatable bonds is 3. The Labute approximate surface area is 109 Å². The molecule has 2 rings (SSSR count). The number of hydrogen-bond donors (Lipinski definition) is 1. The highest BCUT2D eigenvalue weighted by atomic mass is 16.1. The Hall–Kier alpha value is -1.35. The zero-order valence-electron chi connectivity index (χ0n) is 11.3. The fourth-order valence-corrected chi connectivity index (χ4v) is 2.52. The molecular weight excluding hydrogens is 224 g/mol. The Morgan fingerprint density at radius 2 is 2.33 bits per heavy atom. The summed E-state index contributed by atoms with van der Waals surface area (Å²) in [6.45, 7) is 7.39. The van der Waals surface area contributed by atoms with E-state index in [9.17, 15) is 4.79 Å². The molecule has 98 valence electrons. The predicted octanol–water partition coefficient (Wildman–Crippen LogP) is 2.21. The van der Waals surface area contributed by atoms with Gasteiger partial charge in [0.25, 0.3) is 5.91 Å². The van der Waals surface area contributed by atoms with Crippen LogP contribution in [-0.2, 0) is 0 Å². The standard InChI is InChI=1S/C15H22N2O/c1-3-17-9-5-8-14(11-17)16-15(18)13-7-4-6-12(2)10-13/h4,6-7,10,14H,3,5,8-9,11H2,1-2H3,(H,16,18)/t14-/m1/s1. The number of likely N-dealkylation sites (tertiary alicyclic amines) is 1. The lowest BCUT2D eigenvalue weighted by molar-refractivity contribution is 0.0906. The molecule has 1 heterocycles. The van der Waals surface area contributed by atoms with Crippen LogP contribution in [0.15, 0.2) is 24.3 Å². The molecule has 1 aliphatic heterocycles. The molecule has 3 heteroatoms. The summed E-state index contributed by atoms with van der Waals surface area (Å²) in [6.07, 6.45) is 2.26. The van der Waals surface area contributed by atoms with Crippen LogP contribution in [0.5, 0.6) is 0 Å². The summed E-state index contributed by atoms with van der Waals surface area (Å²) in [5.74, 6) is 0.0571. The molecule has 0 spiro atoms. The van der Waals surface area contributed by atoms with Gasteiger partial charge in [-0.05, 0) is 45.0 Å². The molecule has 0 saturated carbocycles. The van der Waals surface area contributed by atoms with E-state index in [0.717, 1.165) is 37.2 Å². The molecule has 18 heavy (non-hydrogen) atoms. The van der Waals surface area contributed by atoms with E-state index < -0.39 is 0 Å². The maximum Gasteiger partial charge on any atom is 0.251 e. The summed E-state index contributed by atoms with van der Waals surface area (Å²) in [6, 6.07) is 8.06. The number of aryl methyl sites for hydroxylation is 1. The first-order valence-electron chi connectivity index (χ1n) is 6.79. The van der Waals surface area contributed by atoms with Gasteiger partial charge in [-0.2, -0.15) is 0 Å². The van der Waals surface area contributed by atoms with E-state index in [4.69, 9.17) is 0 Å². The predicted molar refractivity (Wildman–Crippen MR) is 73.8 cm³/mol. The second-order valence-corrected chi connectivity index (χ2v) is 5.08. The summed E-state index contributed by atoms with van der Waals surface area (Å²) in [5.41, 5.74) is 1.89. The second-order valence-electron chi connectivity index (χ2n) is 5.08. The molecule has 0 aliphatic carbocycles. The monoisotopic (exact) mass is 246 g/mol. The summed E-state index contributed by atoms with van der Waals surface area (Å²) < 4.78 is 0. The molecule has 1 fully saturated rings. The molecule has 1 N–H and O–H groups in total. The minimum absolute atomic E-state index is 0.0571.